The summed E-state index contributed by atoms with van der Waals surface area (Å²) in [7, 11) is 0.528. The Labute approximate surface area is 130 Å². The molecule has 0 aliphatic rings. The molecule has 4 nitrogen and oxygen atoms in total. The normalized spacial score (nSPS) is 11.7. The van der Waals surface area contributed by atoms with Crippen LogP contribution in [0.2, 0.25) is 0 Å². The van der Waals surface area contributed by atoms with Crippen LogP contribution in [0, 0.1) is 0 Å². The maximum Gasteiger partial charge on any atom is 0.225 e. The summed E-state index contributed by atoms with van der Waals surface area (Å²) in [6.45, 7) is 0. The van der Waals surface area contributed by atoms with Crippen molar-refractivity contribution in [3.63, 3.8) is 0 Å². The molecule has 0 amide bonds. The Morgan fingerprint density at radius 1 is 0.955 bits per heavy atom. The number of rotatable bonds is 7. The second kappa shape index (κ2) is 7.81. The highest BCUT2D eigenvalue weighted by atomic mass is 31.1. The van der Waals surface area contributed by atoms with Gasteiger partial charge in [-0.15, -0.1) is 0 Å². The standard InChI is InChI=1S/C17H19O4P/c1-20-14-9-6-10-15(21-2)16(14)17(18)22(19)12-11-13-7-4-3-5-8-13/h3-10,22H,11-12H2,1-2H3. The van der Waals surface area contributed by atoms with Crippen molar-refractivity contribution in [1.29, 1.82) is 0 Å². The van der Waals surface area contributed by atoms with E-state index in [1.165, 1.54) is 14.2 Å². The largest absolute Gasteiger partial charge is 0.496 e. The van der Waals surface area contributed by atoms with Crippen molar-refractivity contribution in [2.75, 3.05) is 20.4 Å². The van der Waals surface area contributed by atoms with E-state index in [1.807, 2.05) is 30.3 Å². The van der Waals surface area contributed by atoms with Gasteiger partial charge in [0.25, 0.3) is 0 Å². The summed E-state index contributed by atoms with van der Waals surface area (Å²) >= 11 is 0. The molecular formula is C17H19O4P. The van der Waals surface area contributed by atoms with Gasteiger partial charge in [-0.05, 0) is 24.1 Å². The second-order valence-electron chi connectivity index (χ2n) is 4.78. The predicted molar refractivity (Wildman–Crippen MR) is 87.9 cm³/mol. The van der Waals surface area contributed by atoms with Crippen molar-refractivity contribution in [1.82, 2.24) is 0 Å². The lowest BCUT2D eigenvalue weighted by Crippen LogP contribution is -2.03. The van der Waals surface area contributed by atoms with Gasteiger partial charge in [-0.25, -0.2) is 0 Å². The van der Waals surface area contributed by atoms with Crippen LogP contribution in [0.1, 0.15) is 15.9 Å². The highest BCUT2D eigenvalue weighted by Gasteiger charge is 2.22. The molecule has 2 aromatic carbocycles. The first kappa shape index (κ1) is 16.3. The minimum atomic E-state index is -2.43. The maximum absolute atomic E-state index is 12.5. The molecule has 0 saturated heterocycles. The van der Waals surface area contributed by atoms with Crippen LogP contribution in [0.15, 0.2) is 48.5 Å². The van der Waals surface area contributed by atoms with Crippen LogP contribution in [0.25, 0.3) is 0 Å². The van der Waals surface area contributed by atoms with Gasteiger partial charge in [0.1, 0.15) is 24.9 Å². The van der Waals surface area contributed by atoms with Crippen LogP contribution in [0.5, 0.6) is 11.5 Å². The van der Waals surface area contributed by atoms with E-state index in [4.69, 9.17) is 9.47 Å². The molecule has 0 bridgehead atoms. The van der Waals surface area contributed by atoms with Crippen molar-refractivity contribution >= 4 is 13.3 Å². The molecule has 5 heteroatoms. The van der Waals surface area contributed by atoms with Crippen molar-refractivity contribution in [3.05, 3.63) is 59.7 Å². The summed E-state index contributed by atoms with van der Waals surface area (Å²) in [6.07, 6.45) is 0.955. The molecule has 2 rings (SSSR count). The zero-order valence-electron chi connectivity index (χ0n) is 12.7. The predicted octanol–water partition coefficient (Wildman–Crippen LogP) is 3.65. The van der Waals surface area contributed by atoms with Gasteiger partial charge in [-0.3, -0.25) is 4.79 Å². The third kappa shape index (κ3) is 3.77. The molecule has 1 atom stereocenters. The highest BCUT2D eigenvalue weighted by molar-refractivity contribution is 7.64. The van der Waals surface area contributed by atoms with E-state index in [-0.39, 0.29) is 5.56 Å². The van der Waals surface area contributed by atoms with Crippen molar-refractivity contribution < 1.29 is 18.8 Å². The number of carbonyl (C=O) groups excluding carboxylic acids is 1. The maximum atomic E-state index is 12.5. The van der Waals surface area contributed by atoms with E-state index in [0.29, 0.717) is 24.1 Å². The van der Waals surface area contributed by atoms with Crippen LogP contribution in [-0.2, 0) is 11.0 Å². The second-order valence-corrected chi connectivity index (χ2v) is 6.58. The lowest BCUT2D eigenvalue weighted by atomic mass is 10.2. The number of methoxy groups -OCH3 is 2. The van der Waals surface area contributed by atoms with Gasteiger partial charge in [0, 0.05) is 6.16 Å². The summed E-state index contributed by atoms with van der Waals surface area (Å²) in [4.78, 5) is 12.5. The van der Waals surface area contributed by atoms with Crippen molar-refractivity contribution in [2.45, 2.75) is 6.42 Å². The van der Waals surface area contributed by atoms with Crippen LogP contribution in [0.3, 0.4) is 0 Å². The molecule has 0 N–H and O–H groups in total. The minimum Gasteiger partial charge on any atom is -0.496 e. The zero-order valence-corrected chi connectivity index (χ0v) is 13.7. The quantitative estimate of drug-likeness (QED) is 0.731. The van der Waals surface area contributed by atoms with Crippen molar-refractivity contribution in [3.8, 4) is 11.5 Å². The Morgan fingerprint density at radius 3 is 2.09 bits per heavy atom. The summed E-state index contributed by atoms with van der Waals surface area (Å²) in [5, 5.41) is 0. The van der Waals surface area contributed by atoms with E-state index >= 15 is 0 Å². The minimum absolute atomic E-state index is 0.268. The van der Waals surface area contributed by atoms with Crippen LogP contribution >= 0.6 is 7.80 Å². The molecule has 0 saturated carbocycles. The van der Waals surface area contributed by atoms with Crippen LogP contribution < -0.4 is 9.47 Å². The molecular weight excluding hydrogens is 299 g/mol. The van der Waals surface area contributed by atoms with Crippen LogP contribution in [0.4, 0.5) is 0 Å². The zero-order chi connectivity index (χ0) is 15.9. The first-order valence-electron chi connectivity index (χ1n) is 6.99. The Balaban J connectivity index is 2.15. The fraction of sp³-hybridized carbons (Fsp3) is 0.235. The Morgan fingerprint density at radius 2 is 1.55 bits per heavy atom. The number of ether oxygens (including phenoxy) is 2. The van der Waals surface area contributed by atoms with Gasteiger partial charge < -0.3 is 14.0 Å². The van der Waals surface area contributed by atoms with Gasteiger partial charge in [0.15, 0.2) is 0 Å². The lowest BCUT2D eigenvalue weighted by molar-refractivity contribution is 0.107. The Kier molecular flexibility index (Phi) is 5.79. The van der Waals surface area contributed by atoms with Gasteiger partial charge in [-0.1, -0.05) is 36.4 Å². The third-order valence-corrected chi connectivity index (χ3v) is 4.85. The molecule has 0 spiro atoms. The number of hydrogen-bond acceptors (Lipinski definition) is 4. The molecule has 0 aromatic heterocycles. The number of benzene rings is 2. The van der Waals surface area contributed by atoms with E-state index in [1.54, 1.807) is 18.2 Å². The SMILES string of the molecule is COc1cccc(OC)c1C(=O)[PH](=O)CCc1ccccc1. The topological polar surface area (TPSA) is 52.6 Å². The summed E-state index contributed by atoms with van der Waals surface area (Å²) in [5.41, 5.74) is 0.945. The molecule has 0 aliphatic heterocycles. The monoisotopic (exact) mass is 318 g/mol. The third-order valence-electron chi connectivity index (χ3n) is 3.39. The first-order valence-corrected chi connectivity index (χ1v) is 8.61. The van der Waals surface area contributed by atoms with Gasteiger partial charge in [-0.2, -0.15) is 0 Å². The Bertz CT molecular complexity index is 645. The van der Waals surface area contributed by atoms with E-state index in [0.717, 1.165) is 5.56 Å². The molecule has 22 heavy (non-hydrogen) atoms. The molecule has 2 aromatic rings. The number of carbonyl (C=O) groups is 1. The lowest BCUT2D eigenvalue weighted by Gasteiger charge is -2.11. The summed E-state index contributed by atoms with van der Waals surface area (Å²) < 4.78 is 22.8. The molecule has 0 heterocycles. The fourth-order valence-corrected chi connectivity index (χ4v) is 3.50. The summed E-state index contributed by atoms with van der Waals surface area (Å²) in [5.74, 6) is 0.782. The molecule has 0 aliphatic carbocycles. The van der Waals surface area contributed by atoms with Gasteiger partial charge >= 0.3 is 0 Å². The van der Waals surface area contributed by atoms with E-state index in [9.17, 15) is 9.36 Å². The molecule has 116 valence electrons. The van der Waals surface area contributed by atoms with E-state index < -0.39 is 13.3 Å². The van der Waals surface area contributed by atoms with E-state index in [2.05, 4.69) is 0 Å². The first-order chi connectivity index (χ1) is 10.7. The Hall–Kier alpha value is -2.06. The fourth-order valence-electron chi connectivity index (χ4n) is 2.23. The average molecular weight is 318 g/mol. The molecule has 0 fully saturated rings. The van der Waals surface area contributed by atoms with Crippen LogP contribution in [-0.4, -0.2) is 25.9 Å². The van der Waals surface area contributed by atoms with Crippen molar-refractivity contribution in [2.24, 2.45) is 0 Å². The average Bonchev–Trinajstić information content (AvgIpc) is 2.59. The highest BCUT2D eigenvalue weighted by Crippen LogP contribution is 2.37. The molecule has 1 unspecified atom stereocenters. The summed E-state index contributed by atoms with van der Waals surface area (Å²) in [6, 6.07) is 14.8. The van der Waals surface area contributed by atoms with Gasteiger partial charge in [0.05, 0.1) is 14.2 Å². The number of aryl methyl sites for hydroxylation is 1. The van der Waals surface area contributed by atoms with Gasteiger partial charge in [0.2, 0.25) is 5.52 Å². The smallest absolute Gasteiger partial charge is 0.225 e. The number of hydrogen-bond donors (Lipinski definition) is 0. The molecule has 0 radical (unpaired) electrons.